The first-order chi connectivity index (χ1) is 9.38. The van der Waals surface area contributed by atoms with Crippen molar-refractivity contribution in [2.75, 3.05) is 11.4 Å². The van der Waals surface area contributed by atoms with Gasteiger partial charge in [-0.15, -0.1) is 5.10 Å². The Labute approximate surface area is 111 Å². The topological polar surface area (TPSA) is 81.8 Å². The van der Waals surface area contributed by atoms with E-state index < -0.39 is 23.7 Å². The van der Waals surface area contributed by atoms with Crippen molar-refractivity contribution in [1.29, 1.82) is 0 Å². The first-order valence-electron chi connectivity index (χ1n) is 5.74. The number of nitrogens with zero attached hydrogens (tertiary/aromatic N) is 2. The lowest BCUT2D eigenvalue weighted by Gasteiger charge is -2.24. The number of alkyl halides is 3. The SMILES string of the molecule is O=C(N(CC1C=CC=CC1)c1n[nH]c(=O)[nH]1)C(F)(F)F. The van der Waals surface area contributed by atoms with Crippen LogP contribution in [0, 0.1) is 5.92 Å². The highest BCUT2D eigenvalue weighted by molar-refractivity contribution is 5.95. The molecule has 1 aromatic heterocycles. The van der Waals surface area contributed by atoms with Gasteiger partial charge in [-0.1, -0.05) is 24.3 Å². The molecule has 6 nitrogen and oxygen atoms in total. The van der Waals surface area contributed by atoms with Gasteiger partial charge in [0.25, 0.3) is 0 Å². The van der Waals surface area contributed by atoms with Crippen molar-refractivity contribution in [1.82, 2.24) is 15.2 Å². The fourth-order valence-corrected chi connectivity index (χ4v) is 1.81. The van der Waals surface area contributed by atoms with Crippen molar-refractivity contribution in [3.8, 4) is 0 Å². The van der Waals surface area contributed by atoms with E-state index in [4.69, 9.17) is 0 Å². The molecular weight excluding hydrogens is 277 g/mol. The Hall–Kier alpha value is -2.32. The molecule has 108 valence electrons. The average molecular weight is 288 g/mol. The third-order valence-electron chi connectivity index (χ3n) is 2.72. The number of allylic oxidation sites excluding steroid dienone is 3. The molecule has 20 heavy (non-hydrogen) atoms. The molecule has 0 fully saturated rings. The van der Waals surface area contributed by atoms with Gasteiger partial charge in [-0.2, -0.15) is 13.2 Å². The Morgan fingerprint density at radius 2 is 2.20 bits per heavy atom. The molecule has 1 aromatic rings. The van der Waals surface area contributed by atoms with E-state index in [9.17, 15) is 22.8 Å². The summed E-state index contributed by atoms with van der Waals surface area (Å²) in [6.07, 6.45) is 2.41. The highest BCUT2D eigenvalue weighted by Crippen LogP contribution is 2.23. The van der Waals surface area contributed by atoms with Crippen LogP contribution in [0.2, 0.25) is 0 Å². The minimum atomic E-state index is -5.04. The molecule has 0 saturated heterocycles. The van der Waals surface area contributed by atoms with E-state index in [1.54, 1.807) is 24.3 Å². The number of hydrogen-bond acceptors (Lipinski definition) is 3. The molecule has 0 saturated carbocycles. The molecule has 0 aliphatic heterocycles. The molecule has 2 rings (SSSR count). The van der Waals surface area contributed by atoms with Crippen molar-refractivity contribution >= 4 is 11.9 Å². The predicted octanol–water partition coefficient (Wildman–Crippen LogP) is 1.13. The third kappa shape index (κ3) is 3.16. The van der Waals surface area contributed by atoms with Crippen molar-refractivity contribution in [3.63, 3.8) is 0 Å². The molecule has 0 radical (unpaired) electrons. The van der Waals surface area contributed by atoms with Crippen LogP contribution < -0.4 is 10.6 Å². The maximum Gasteiger partial charge on any atom is 0.471 e. The average Bonchev–Trinajstić information content (AvgIpc) is 2.82. The second-order valence-corrected chi connectivity index (χ2v) is 4.22. The summed E-state index contributed by atoms with van der Waals surface area (Å²) in [5.41, 5.74) is -0.779. The van der Waals surface area contributed by atoms with Crippen molar-refractivity contribution < 1.29 is 18.0 Å². The van der Waals surface area contributed by atoms with Crippen molar-refractivity contribution in [2.24, 2.45) is 5.92 Å². The molecule has 9 heteroatoms. The highest BCUT2D eigenvalue weighted by atomic mass is 19.4. The van der Waals surface area contributed by atoms with Gasteiger partial charge in [0.05, 0.1) is 0 Å². The molecule has 2 N–H and O–H groups in total. The van der Waals surface area contributed by atoms with Gasteiger partial charge < -0.3 is 0 Å². The van der Waals surface area contributed by atoms with E-state index in [0.29, 0.717) is 11.3 Å². The van der Waals surface area contributed by atoms with Crippen LogP contribution in [-0.4, -0.2) is 33.8 Å². The summed E-state index contributed by atoms with van der Waals surface area (Å²) in [6, 6.07) is 0. The zero-order valence-corrected chi connectivity index (χ0v) is 10.1. The summed E-state index contributed by atoms with van der Waals surface area (Å²) in [6.45, 7) is -0.222. The van der Waals surface area contributed by atoms with Crippen LogP contribution >= 0.6 is 0 Å². The Balaban J connectivity index is 2.24. The van der Waals surface area contributed by atoms with Crippen molar-refractivity contribution in [2.45, 2.75) is 12.6 Å². The quantitative estimate of drug-likeness (QED) is 0.874. The van der Waals surface area contributed by atoms with Crippen LogP contribution in [0.5, 0.6) is 0 Å². The maximum atomic E-state index is 12.6. The summed E-state index contributed by atoms with van der Waals surface area (Å²) >= 11 is 0. The maximum absolute atomic E-state index is 12.6. The number of nitrogens with one attached hydrogen (secondary N) is 2. The number of carbonyl (C=O) groups is 1. The zero-order chi connectivity index (χ0) is 14.8. The number of carbonyl (C=O) groups excluding carboxylic acids is 1. The number of anilines is 1. The molecule has 0 spiro atoms. The minimum Gasteiger partial charge on any atom is -0.275 e. The normalized spacial score (nSPS) is 18.2. The number of halogens is 3. The standard InChI is InChI=1S/C11H11F3N4O2/c12-11(13,14)8(19)18(9-15-10(20)17-16-9)6-7-4-2-1-3-5-7/h1-4,7H,5-6H2,(H2,15,16,17,20). The largest absolute Gasteiger partial charge is 0.471 e. The Morgan fingerprint density at radius 1 is 1.45 bits per heavy atom. The Bertz CT molecular complexity index is 599. The molecule has 0 bridgehead atoms. The van der Waals surface area contributed by atoms with E-state index in [1.807, 2.05) is 5.10 Å². The second-order valence-electron chi connectivity index (χ2n) is 4.22. The van der Waals surface area contributed by atoms with Crippen molar-refractivity contribution in [3.05, 3.63) is 34.8 Å². The summed E-state index contributed by atoms with van der Waals surface area (Å²) in [7, 11) is 0. The van der Waals surface area contributed by atoms with Gasteiger partial charge in [-0.05, 0) is 12.3 Å². The van der Waals surface area contributed by atoms with Gasteiger partial charge in [0.1, 0.15) is 0 Å². The Morgan fingerprint density at radius 3 is 2.70 bits per heavy atom. The van der Waals surface area contributed by atoms with Crippen LogP contribution in [0.15, 0.2) is 29.1 Å². The fourth-order valence-electron chi connectivity index (χ4n) is 1.81. The zero-order valence-electron chi connectivity index (χ0n) is 10.1. The monoisotopic (exact) mass is 288 g/mol. The number of aromatic nitrogens is 3. The second kappa shape index (κ2) is 5.35. The molecule has 0 aromatic carbocycles. The molecule has 1 heterocycles. The number of aromatic amines is 2. The molecular formula is C11H11F3N4O2. The smallest absolute Gasteiger partial charge is 0.275 e. The first kappa shape index (κ1) is 14.1. The molecule has 1 atom stereocenters. The summed E-state index contributed by atoms with van der Waals surface area (Å²) in [5, 5.41) is 5.32. The lowest BCUT2D eigenvalue weighted by molar-refractivity contribution is -0.170. The van der Waals surface area contributed by atoms with Gasteiger partial charge >= 0.3 is 17.8 Å². The molecule has 1 amide bonds. The summed E-state index contributed by atoms with van der Waals surface area (Å²) in [5.74, 6) is -2.78. The molecule has 1 aliphatic carbocycles. The third-order valence-corrected chi connectivity index (χ3v) is 2.72. The number of H-pyrrole nitrogens is 2. The van der Waals surface area contributed by atoms with Gasteiger partial charge in [0, 0.05) is 6.54 Å². The molecule has 1 aliphatic rings. The summed E-state index contributed by atoms with van der Waals surface area (Å²) in [4.78, 5) is 24.9. The van der Waals surface area contributed by atoms with E-state index in [2.05, 4.69) is 10.1 Å². The first-order valence-corrected chi connectivity index (χ1v) is 5.74. The lowest BCUT2D eigenvalue weighted by Crippen LogP contribution is -2.44. The van der Waals surface area contributed by atoms with E-state index in [0.717, 1.165) is 0 Å². The predicted molar refractivity (Wildman–Crippen MR) is 64.0 cm³/mol. The van der Waals surface area contributed by atoms with Crippen LogP contribution in [0.3, 0.4) is 0 Å². The van der Waals surface area contributed by atoms with Gasteiger partial charge in [-0.25, -0.2) is 9.89 Å². The van der Waals surface area contributed by atoms with Crippen LogP contribution in [0.4, 0.5) is 19.1 Å². The number of hydrogen-bond donors (Lipinski definition) is 2. The van der Waals surface area contributed by atoms with Crippen LogP contribution in [0.25, 0.3) is 0 Å². The van der Waals surface area contributed by atoms with Gasteiger partial charge in [-0.3, -0.25) is 14.7 Å². The van der Waals surface area contributed by atoms with E-state index >= 15 is 0 Å². The fraction of sp³-hybridized carbons (Fsp3) is 0.364. The number of rotatable bonds is 3. The Kier molecular flexibility index (Phi) is 3.77. The molecule has 1 unspecified atom stereocenters. The minimum absolute atomic E-state index is 0.222. The highest BCUT2D eigenvalue weighted by Gasteiger charge is 2.44. The van der Waals surface area contributed by atoms with Crippen LogP contribution in [-0.2, 0) is 4.79 Å². The number of amides is 1. The summed E-state index contributed by atoms with van der Waals surface area (Å²) < 4.78 is 37.8. The van der Waals surface area contributed by atoms with E-state index in [1.165, 1.54) is 0 Å². The van der Waals surface area contributed by atoms with Gasteiger partial charge in [0.15, 0.2) is 0 Å². The lowest BCUT2D eigenvalue weighted by atomic mass is 10.0. The van der Waals surface area contributed by atoms with Crippen LogP contribution in [0.1, 0.15) is 6.42 Å². The van der Waals surface area contributed by atoms with Gasteiger partial charge in [0.2, 0.25) is 5.95 Å². The van der Waals surface area contributed by atoms with E-state index in [-0.39, 0.29) is 12.5 Å².